The maximum Gasteiger partial charge on any atom is 0.300 e. The van der Waals surface area contributed by atoms with Crippen molar-refractivity contribution in [1.29, 1.82) is 0 Å². The minimum atomic E-state index is -0.952. The van der Waals surface area contributed by atoms with Crippen molar-refractivity contribution < 1.29 is 4.43 Å². The lowest BCUT2D eigenvalue weighted by atomic mass is 10.4. The molecule has 0 aliphatic carbocycles. The van der Waals surface area contributed by atoms with Gasteiger partial charge in [-0.1, -0.05) is 19.8 Å². The van der Waals surface area contributed by atoms with Crippen molar-refractivity contribution in [3.63, 3.8) is 0 Å². The van der Waals surface area contributed by atoms with Crippen molar-refractivity contribution in [2.75, 3.05) is 0 Å². The zero-order valence-electron chi connectivity index (χ0n) is 7.18. The lowest BCUT2D eigenvalue weighted by Gasteiger charge is -2.11. The fourth-order valence-corrected chi connectivity index (χ4v) is 2.14. The first-order valence-corrected chi connectivity index (χ1v) is 5.64. The molecule has 0 rings (SSSR count). The first-order chi connectivity index (χ1) is 4.66. The largest absolute Gasteiger partial charge is 0.400 e. The molecular formula is C7H18NOSi. The highest BCUT2D eigenvalue weighted by atomic mass is 28.3. The number of nitrogens with two attached hydrogens (primary N) is 1. The van der Waals surface area contributed by atoms with Crippen LogP contribution in [0.2, 0.25) is 6.04 Å². The maximum absolute atomic E-state index is 5.74. The molecule has 0 aromatic heterocycles. The van der Waals surface area contributed by atoms with Crippen LogP contribution in [-0.2, 0) is 4.43 Å². The third kappa shape index (κ3) is 6.26. The van der Waals surface area contributed by atoms with E-state index in [0.717, 1.165) is 6.04 Å². The molecule has 0 aliphatic rings. The molecule has 10 heavy (non-hydrogen) atoms. The summed E-state index contributed by atoms with van der Waals surface area (Å²) in [5, 5.41) is 5.74. The van der Waals surface area contributed by atoms with Crippen molar-refractivity contribution >= 4 is 9.20 Å². The van der Waals surface area contributed by atoms with Gasteiger partial charge < -0.3 is 9.83 Å². The quantitative estimate of drug-likeness (QED) is 0.621. The van der Waals surface area contributed by atoms with Crippen molar-refractivity contribution in [2.24, 2.45) is 5.40 Å². The number of hydrogen-bond acceptors (Lipinski definition) is 2. The van der Waals surface area contributed by atoms with Crippen LogP contribution in [0.3, 0.4) is 0 Å². The average molecular weight is 160 g/mol. The standard InChI is InChI=1S/C7H18NOSi/c1-4-5-6-10(8)9-7(2)3/h7H,4-6,8H2,1-3H3. The predicted octanol–water partition coefficient (Wildman–Crippen LogP) is 1.66. The normalized spacial score (nSPS) is 11.4. The topological polar surface area (TPSA) is 35.2 Å². The van der Waals surface area contributed by atoms with Crippen molar-refractivity contribution in [3.05, 3.63) is 0 Å². The van der Waals surface area contributed by atoms with Gasteiger partial charge >= 0.3 is 0 Å². The lowest BCUT2D eigenvalue weighted by Crippen LogP contribution is -2.32. The lowest BCUT2D eigenvalue weighted by molar-refractivity contribution is 0.241. The maximum atomic E-state index is 5.74. The molecule has 2 N–H and O–H groups in total. The molecule has 0 bridgehead atoms. The van der Waals surface area contributed by atoms with Crippen molar-refractivity contribution in [3.8, 4) is 0 Å². The van der Waals surface area contributed by atoms with Crippen LogP contribution in [0, 0.1) is 0 Å². The van der Waals surface area contributed by atoms with Gasteiger partial charge in [0.25, 0.3) is 9.20 Å². The van der Waals surface area contributed by atoms with Gasteiger partial charge in [-0.05, 0) is 19.9 Å². The van der Waals surface area contributed by atoms with E-state index in [2.05, 4.69) is 6.92 Å². The SMILES string of the molecule is CCCC[Si](N)OC(C)C. The van der Waals surface area contributed by atoms with E-state index in [-0.39, 0.29) is 0 Å². The molecule has 0 aromatic carbocycles. The summed E-state index contributed by atoms with van der Waals surface area (Å²) in [6, 6.07) is 1.08. The second-order valence-corrected chi connectivity index (χ2v) is 4.40. The van der Waals surface area contributed by atoms with Crippen LogP contribution in [0.4, 0.5) is 0 Å². The Morgan fingerprint density at radius 2 is 2.10 bits per heavy atom. The van der Waals surface area contributed by atoms with Gasteiger partial charge in [0.1, 0.15) is 0 Å². The Hall–Kier alpha value is 0.137. The highest BCUT2D eigenvalue weighted by molar-refractivity contribution is 6.47. The van der Waals surface area contributed by atoms with Crippen LogP contribution in [0.1, 0.15) is 33.6 Å². The number of hydrogen-bond donors (Lipinski definition) is 1. The molecular weight excluding hydrogens is 142 g/mol. The van der Waals surface area contributed by atoms with Crippen LogP contribution >= 0.6 is 0 Å². The Balaban J connectivity index is 3.16. The van der Waals surface area contributed by atoms with Gasteiger partial charge in [0, 0.05) is 6.10 Å². The van der Waals surface area contributed by atoms with E-state index in [9.17, 15) is 0 Å². The summed E-state index contributed by atoms with van der Waals surface area (Å²) in [5.41, 5.74) is 0. The van der Waals surface area contributed by atoms with Crippen molar-refractivity contribution in [2.45, 2.75) is 45.8 Å². The van der Waals surface area contributed by atoms with Gasteiger partial charge in [-0.15, -0.1) is 0 Å². The fraction of sp³-hybridized carbons (Fsp3) is 1.00. The highest BCUT2D eigenvalue weighted by Crippen LogP contribution is 2.00. The Bertz CT molecular complexity index is 78.0. The summed E-state index contributed by atoms with van der Waals surface area (Å²) in [7, 11) is -0.952. The summed E-state index contributed by atoms with van der Waals surface area (Å²) >= 11 is 0. The molecule has 0 atom stereocenters. The summed E-state index contributed by atoms with van der Waals surface area (Å²) in [5.74, 6) is 0. The molecule has 0 amide bonds. The van der Waals surface area contributed by atoms with E-state index in [4.69, 9.17) is 9.83 Å². The van der Waals surface area contributed by atoms with Gasteiger partial charge in [-0.25, -0.2) is 0 Å². The third-order valence-corrected chi connectivity index (χ3v) is 2.78. The van der Waals surface area contributed by atoms with E-state index in [1.54, 1.807) is 0 Å². The molecule has 0 aromatic rings. The second-order valence-electron chi connectivity index (χ2n) is 2.74. The van der Waals surface area contributed by atoms with Gasteiger partial charge in [0.2, 0.25) is 0 Å². The highest BCUT2D eigenvalue weighted by Gasteiger charge is 2.07. The first-order valence-electron chi connectivity index (χ1n) is 3.94. The zero-order chi connectivity index (χ0) is 7.98. The van der Waals surface area contributed by atoms with E-state index in [1.807, 2.05) is 13.8 Å². The van der Waals surface area contributed by atoms with Gasteiger partial charge in [0.15, 0.2) is 0 Å². The Kier molecular flexibility index (Phi) is 5.97. The average Bonchev–Trinajstić information content (AvgIpc) is 1.82. The summed E-state index contributed by atoms with van der Waals surface area (Å²) in [4.78, 5) is 0. The van der Waals surface area contributed by atoms with Crippen LogP contribution in [0.5, 0.6) is 0 Å². The van der Waals surface area contributed by atoms with E-state index < -0.39 is 9.20 Å². The van der Waals surface area contributed by atoms with Gasteiger partial charge in [0.05, 0.1) is 0 Å². The fourth-order valence-electron chi connectivity index (χ4n) is 0.713. The molecule has 0 saturated carbocycles. The monoisotopic (exact) mass is 160 g/mol. The second kappa shape index (κ2) is 5.89. The van der Waals surface area contributed by atoms with Crippen LogP contribution < -0.4 is 5.40 Å². The van der Waals surface area contributed by atoms with Gasteiger partial charge in [-0.3, -0.25) is 0 Å². The molecule has 0 saturated heterocycles. The van der Waals surface area contributed by atoms with Crippen molar-refractivity contribution in [1.82, 2.24) is 0 Å². The smallest absolute Gasteiger partial charge is 0.300 e. The predicted molar refractivity (Wildman–Crippen MR) is 45.9 cm³/mol. The molecule has 0 spiro atoms. The Morgan fingerprint density at radius 3 is 2.50 bits per heavy atom. The Labute approximate surface area is 65.6 Å². The molecule has 0 aliphatic heterocycles. The minimum absolute atomic E-state index is 0.302. The number of unbranched alkanes of at least 4 members (excludes halogenated alkanes) is 1. The molecule has 61 valence electrons. The minimum Gasteiger partial charge on any atom is -0.400 e. The van der Waals surface area contributed by atoms with Crippen LogP contribution in [-0.4, -0.2) is 15.3 Å². The Morgan fingerprint density at radius 1 is 1.50 bits per heavy atom. The third-order valence-electron chi connectivity index (χ3n) is 1.16. The van der Waals surface area contributed by atoms with Gasteiger partial charge in [-0.2, -0.15) is 0 Å². The summed E-state index contributed by atoms with van der Waals surface area (Å²) in [6.07, 6.45) is 2.72. The molecule has 0 unspecified atom stereocenters. The molecule has 0 heterocycles. The van der Waals surface area contributed by atoms with E-state index in [1.165, 1.54) is 12.8 Å². The van der Waals surface area contributed by atoms with E-state index in [0.29, 0.717) is 6.10 Å². The zero-order valence-corrected chi connectivity index (χ0v) is 8.18. The molecule has 1 radical (unpaired) electrons. The summed E-state index contributed by atoms with van der Waals surface area (Å²) in [6.45, 7) is 6.23. The summed E-state index contributed by atoms with van der Waals surface area (Å²) < 4.78 is 5.43. The number of rotatable bonds is 5. The van der Waals surface area contributed by atoms with E-state index >= 15 is 0 Å². The van der Waals surface area contributed by atoms with Crippen LogP contribution in [0.15, 0.2) is 0 Å². The molecule has 0 fully saturated rings. The van der Waals surface area contributed by atoms with Crippen LogP contribution in [0.25, 0.3) is 0 Å². The first kappa shape index (κ1) is 10.1. The molecule has 3 heteroatoms. The molecule has 2 nitrogen and oxygen atoms in total.